The highest BCUT2D eigenvalue weighted by Crippen LogP contribution is 2.15. The van der Waals surface area contributed by atoms with Gasteiger partial charge in [-0.1, -0.05) is 0 Å². The quantitative estimate of drug-likeness (QED) is 0.357. The zero-order chi connectivity index (χ0) is 15.0. The van der Waals surface area contributed by atoms with Crippen molar-refractivity contribution in [2.24, 2.45) is 5.73 Å². The summed E-state index contributed by atoms with van der Waals surface area (Å²) >= 11 is 0. The highest BCUT2D eigenvalue weighted by atomic mass is 16.5. The van der Waals surface area contributed by atoms with Crippen LogP contribution in [0.3, 0.4) is 0 Å². The standard InChI is InChI=1S/C14H18N4O2/c1-2-20-14(19)12(10-16)8-11(9-15)13(17)18-6-4-3-5-7-18/h8H,2-7,17H2,1H3/b12-8-,13-11-. The van der Waals surface area contributed by atoms with Crippen LogP contribution in [-0.2, 0) is 9.53 Å². The number of hydrogen-bond acceptors (Lipinski definition) is 6. The summed E-state index contributed by atoms with van der Waals surface area (Å²) in [6.45, 7) is 3.39. The molecule has 0 aromatic rings. The lowest BCUT2D eigenvalue weighted by atomic mass is 10.1. The second kappa shape index (κ2) is 7.85. The number of likely N-dealkylation sites (tertiary alicyclic amines) is 1. The number of carbonyl (C=O) groups excluding carboxylic acids is 1. The lowest BCUT2D eigenvalue weighted by molar-refractivity contribution is -0.138. The number of ether oxygens (including phenoxy) is 1. The smallest absolute Gasteiger partial charge is 0.348 e. The molecule has 1 heterocycles. The predicted octanol–water partition coefficient (Wildman–Crippen LogP) is 1.18. The average Bonchev–Trinajstić information content (AvgIpc) is 2.49. The molecular formula is C14H18N4O2. The Kier molecular flexibility index (Phi) is 6.12. The lowest BCUT2D eigenvalue weighted by Gasteiger charge is -2.29. The molecule has 0 aromatic heterocycles. The largest absolute Gasteiger partial charge is 0.462 e. The monoisotopic (exact) mass is 274 g/mol. The van der Waals surface area contributed by atoms with E-state index in [1.54, 1.807) is 13.0 Å². The molecule has 1 saturated heterocycles. The van der Waals surface area contributed by atoms with Gasteiger partial charge in [-0.25, -0.2) is 4.79 Å². The molecule has 0 amide bonds. The van der Waals surface area contributed by atoms with Crippen LogP contribution in [0.2, 0.25) is 0 Å². The summed E-state index contributed by atoms with van der Waals surface area (Å²) in [5.41, 5.74) is 5.86. The average molecular weight is 274 g/mol. The van der Waals surface area contributed by atoms with E-state index in [9.17, 15) is 4.79 Å². The third-order valence-electron chi connectivity index (χ3n) is 3.00. The molecule has 1 fully saturated rings. The molecule has 0 radical (unpaired) electrons. The van der Waals surface area contributed by atoms with Crippen LogP contribution < -0.4 is 5.73 Å². The summed E-state index contributed by atoms with van der Waals surface area (Å²) in [6.07, 6.45) is 4.38. The predicted molar refractivity (Wildman–Crippen MR) is 72.6 cm³/mol. The van der Waals surface area contributed by atoms with Gasteiger partial charge in [-0.3, -0.25) is 0 Å². The van der Waals surface area contributed by atoms with Gasteiger partial charge in [-0.15, -0.1) is 0 Å². The fourth-order valence-corrected chi connectivity index (χ4v) is 1.96. The van der Waals surface area contributed by atoms with Crippen molar-refractivity contribution in [3.8, 4) is 12.1 Å². The van der Waals surface area contributed by atoms with Gasteiger partial charge >= 0.3 is 5.97 Å². The molecule has 0 aliphatic carbocycles. The van der Waals surface area contributed by atoms with Gasteiger partial charge in [0.1, 0.15) is 23.5 Å². The van der Waals surface area contributed by atoms with Crippen molar-refractivity contribution < 1.29 is 9.53 Å². The maximum absolute atomic E-state index is 11.5. The van der Waals surface area contributed by atoms with Gasteiger partial charge in [0, 0.05) is 13.1 Å². The van der Waals surface area contributed by atoms with Crippen molar-refractivity contribution >= 4 is 5.97 Å². The molecule has 0 unspecified atom stereocenters. The van der Waals surface area contributed by atoms with Crippen molar-refractivity contribution in [1.29, 1.82) is 10.5 Å². The van der Waals surface area contributed by atoms with E-state index < -0.39 is 5.97 Å². The van der Waals surface area contributed by atoms with E-state index in [-0.39, 0.29) is 17.8 Å². The molecule has 106 valence electrons. The Hall–Kier alpha value is -2.47. The zero-order valence-electron chi connectivity index (χ0n) is 11.6. The summed E-state index contributed by atoms with van der Waals surface area (Å²) in [5, 5.41) is 18.1. The summed E-state index contributed by atoms with van der Waals surface area (Å²) in [5.74, 6) is -0.432. The van der Waals surface area contributed by atoms with Crippen LogP contribution in [0.5, 0.6) is 0 Å². The molecule has 20 heavy (non-hydrogen) atoms. The van der Waals surface area contributed by atoms with E-state index in [0.717, 1.165) is 32.4 Å². The lowest BCUT2D eigenvalue weighted by Crippen LogP contribution is -2.33. The molecule has 0 spiro atoms. The number of nitriles is 2. The van der Waals surface area contributed by atoms with Crippen LogP contribution in [0, 0.1) is 22.7 Å². The van der Waals surface area contributed by atoms with E-state index in [1.165, 1.54) is 6.08 Å². The molecule has 6 heteroatoms. The second-order valence-corrected chi connectivity index (χ2v) is 4.35. The third kappa shape index (κ3) is 4.03. The van der Waals surface area contributed by atoms with E-state index in [1.807, 2.05) is 11.0 Å². The topological polar surface area (TPSA) is 103 Å². The summed E-state index contributed by atoms with van der Waals surface area (Å²) in [6, 6.07) is 3.68. The molecule has 1 aliphatic heterocycles. The minimum atomic E-state index is -0.741. The Bertz CT molecular complexity index is 502. The number of rotatable bonds is 4. The minimum absolute atomic E-state index is 0.122. The Labute approximate surface area is 118 Å². The van der Waals surface area contributed by atoms with Crippen LogP contribution in [-0.4, -0.2) is 30.6 Å². The summed E-state index contributed by atoms with van der Waals surface area (Å²) < 4.78 is 4.75. The first-order valence-electron chi connectivity index (χ1n) is 6.57. The number of allylic oxidation sites excluding steroid dienone is 2. The SMILES string of the molecule is CCOC(=O)/C(C#N)=C\C(C#N)=C(/N)N1CCCCC1. The molecule has 1 rings (SSSR count). The molecule has 1 aliphatic rings. The number of esters is 1. The summed E-state index contributed by atoms with van der Waals surface area (Å²) in [4.78, 5) is 13.4. The molecule has 6 nitrogen and oxygen atoms in total. The van der Waals surface area contributed by atoms with Gasteiger partial charge in [0.05, 0.1) is 12.2 Å². The Morgan fingerprint density at radius 3 is 2.45 bits per heavy atom. The van der Waals surface area contributed by atoms with E-state index in [4.69, 9.17) is 21.0 Å². The maximum Gasteiger partial charge on any atom is 0.348 e. The highest BCUT2D eigenvalue weighted by Gasteiger charge is 2.16. The second-order valence-electron chi connectivity index (χ2n) is 4.35. The van der Waals surface area contributed by atoms with Gasteiger partial charge < -0.3 is 15.4 Å². The highest BCUT2D eigenvalue weighted by molar-refractivity contribution is 5.93. The van der Waals surface area contributed by atoms with Gasteiger partial charge in [0.15, 0.2) is 0 Å². The molecule has 0 atom stereocenters. The van der Waals surface area contributed by atoms with Gasteiger partial charge in [-0.2, -0.15) is 10.5 Å². The number of carbonyl (C=O) groups is 1. The fraction of sp³-hybridized carbons (Fsp3) is 0.500. The van der Waals surface area contributed by atoms with Crippen molar-refractivity contribution in [3.05, 3.63) is 23.0 Å². The van der Waals surface area contributed by atoms with Crippen molar-refractivity contribution in [3.63, 3.8) is 0 Å². The Morgan fingerprint density at radius 1 is 1.30 bits per heavy atom. The number of piperidine rings is 1. The van der Waals surface area contributed by atoms with Crippen LogP contribution >= 0.6 is 0 Å². The van der Waals surface area contributed by atoms with Crippen LogP contribution in [0.25, 0.3) is 0 Å². The Balaban J connectivity index is 3.01. The number of hydrogen-bond donors (Lipinski definition) is 1. The molecular weight excluding hydrogens is 256 g/mol. The van der Waals surface area contributed by atoms with Crippen LogP contribution in [0.15, 0.2) is 23.0 Å². The first-order chi connectivity index (χ1) is 9.63. The van der Waals surface area contributed by atoms with Crippen LogP contribution in [0.1, 0.15) is 26.2 Å². The van der Waals surface area contributed by atoms with Crippen molar-refractivity contribution in [2.75, 3.05) is 19.7 Å². The normalized spacial score (nSPS) is 16.8. The van der Waals surface area contributed by atoms with E-state index in [0.29, 0.717) is 5.82 Å². The molecule has 2 N–H and O–H groups in total. The molecule has 0 bridgehead atoms. The number of nitrogens with two attached hydrogens (primary N) is 1. The fourth-order valence-electron chi connectivity index (χ4n) is 1.96. The Morgan fingerprint density at radius 2 is 1.95 bits per heavy atom. The molecule has 0 aromatic carbocycles. The summed E-state index contributed by atoms with van der Waals surface area (Å²) in [7, 11) is 0. The van der Waals surface area contributed by atoms with E-state index >= 15 is 0 Å². The van der Waals surface area contributed by atoms with E-state index in [2.05, 4.69) is 0 Å². The minimum Gasteiger partial charge on any atom is -0.462 e. The van der Waals surface area contributed by atoms with Gasteiger partial charge in [0.2, 0.25) is 0 Å². The van der Waals surface area contributed by atoms with Crippen molar-refractivity contribution in [1.82, 2.24) is 4.90 Å². The van der Waals surface area contributed by atoms with Gasteiger partial charge in [-0.05, 0) is 32.3 Å². The zero-order valence-corrected chi connectivity index (χ0v) is 11.6. The van der Waals surface area contributed by atoms with Gasteiger partial charge in [0.25, 0.3) is 0 Å². The first-order valence-corrected chi connectivity index (χ1v) is 6.57. The molecule has 0 saturated carbocycles. The van der Waals surface area contributed by atoms with Crippen molar-refractivity contribution in [2.45, 2.75) is 26.2 Å². The third-order valence-corrected chi connectivity index (χ3v) is 3.00. The van der Waals surface area contributed by atoms with Crippen LogP contribution in [0.4, 0.5) is 0 Å². The first kappa shape index (κ1) is 15.6. The maximum atomic E-state index is 11.5. The number of nitrogens with zero attached hydrogens (tertiary/aromatic N) is 3.